The van der Waals surface area contributed by atoms with Gasteiger partial charge in [-0.1, -0.05) is 12.2 Å². The van der Waals surface area contributed by atoms with Crippen molar-refractivity contribution < 1.29 is 4.21 Å². The Morgan fingerprint density at radius 3 is 2.67 bits per heavy atom. The second-order valence-corrected chi connectivity index (χ2v) is 7.32. The highest BCUT2D eigenvalue weighted by Gasteiger charge is 2.17. The molecule has 2 rings (SSSR count). The summed E-state index contributed by atoms with van der Waals surface area (Å²) in [7, 11) is -0.616. The minimum Gasteiger partial charge on any atom is -0.389 e. The molecule has 0 atom stereocenters. The van der Waals surface area contributed by atoms with Crippen molar-refractivity contribution in [2.24, 2.45) is 5.73 Å². The molecule has 0 aliphatic carbocycles. The van der Waals surface area contributed by atoms with E-state index in [1.54, 1.807) is 0 Å². The van der Waals surface area contributed by atoms with E-state index in [1.807, 2.05) is 18.2 Å². The maximum atomic E-state index is 11.3. The predicted molar refractivity (Wildman–Crippen MR) is 84.6 cm³/mol. The van der Waals surface area contributed by atoms with Crippen molar-refractivity contribution in [1.29, 1.82) is 0 Å². The van der Waals surface area contributed by atoms with Crippen LogP contribution in [-0.4, -0.2) is 26.7 Å². The van der Waals surface area contributed by atoms with E-state index >= 15 is 0 Å². The van der Waals surface area contributed by atoms with E-state index < -0.39 is 10.8 Å². The molecule has 1 aromatic carbocycles. The normalized spacial score (nSPS) is 23.6. The Morgan fingerprint density at radius 1 is 1.44 bits per heavy atom. The number of rotatable bonds is 3. The number of hydrogen-bond donors (Lipinski definition) is 2. The standard InChI is InChI=1S/C12H15BrN2OS2/c13-11-7-9(1-2-10(11)12(14)17)15-8-3-5-18(16)6-4-8/h1-2,7-8,15H,3-6H2,(H2,14,17). The van der Waals surface area contributed by atoms with Crippen LogP contribution in [0.4, 0.5) is 5.69 Å². The molecule has 1 aliphatic rings. The number of nitrogens with one attached hydrogen (secondary N) is 1. The van der Waals surface area contributed by atoms with E-state index in [0.717, 1.165) is 40.1 Å². The van der Waals surface area contributed by atoms with Crippen LogP contribution in [0, 0.1) is 0 Å². The number of halogens is 1. The van der Waals surface area contributed by atoms with Crippen LogP contribution in [0.5, 0.6) is 0 Å². The second-order valence-electron chi connectivity index (χ2n) is 4.33. The van der Waals surface area contributed by atoms with Gasteiger partial charge in [0, 0.05) is 44.1 Å². The molecule has 0 aromatic heterocycles. The summed E-state index contributed by atoms with van der Waals surface area (Å²) in [5, 5.41) is 3.46. The predicted octanol–water partition coefficient (Wildman–Crippen LogP) is 2.41. The third-order valence-corrected chi connectivity index (χ3v) is 5.25. The van der Waals surface area contributed by atoms with Crippen LogP contribution in [0.3, 0.4) is 0 Å². The molecule has 18 heavy (non-hydrogen) atoms. The van der Waals surface area contributed by atoms with Crippen molar-refractivity contribution in [3.63, 3.8) is 0 Å². The van der Waals surface area contributed by atoms with E-state index in [9.17, 15) is 4.21 Å². The average Bonchev–Trinajstić information content (AvgIpc) is 2.32. The molecule has 1 aliphatic heterocycles. The van der Waals surface area contributed by atoms with Crippen molar-refractivity contribution in [2.45, 2.75) is 18.9 Å². The van der Waals surface area contributed by atoms with Crippen LogP contribution in [0.25, 0.3) is 0 Å². The van der Waals surface area contributed by atoms with E-state index in [2.05, 4.69) is 21.2 Å². The van der Waals surface area contributed by atoms with E-state index in [0.29, 0.717) is 11.0 Å². The lowest BCUT2D eigenvalue weighted by atomic mass is 10.1. The molecule has 1 heterocycles. The SMILES string of the molecule is NC(=S)c1ccc(NC2CCS(=O)CC2)cc1Br. The Morgan fingerprint density at radius 2 is 2.11 bits per heavy atom. The molecule has 98 valence electrons. The fraction of sp³-hybridized carbons (Fsp3) is 0.417. The van der Waals surface area contributed by atoms with Gasteiger partial charge in [-0.05, 0) is 47.0 Å². The van der Waals surface area contributed by atoms with Gasteiger partial charge in [0.2, 0.25) is 0 Å². The first-order valence-electron chi connectivity index (χ1n) is 5.77. The van der Waals surface area contributed by atoms with Gasteiger partial charge in [0.1, 0.15) is 4.99 Å². The summed E-state index contributed by atoms with van der Waals surface area (Å²) in [5.74, 6) is 1.59. The zero-order chi connectivity index (χ0) is 13.1. The lowest BCUT2D eigenvalue weighted by Gasteiger charge is -2.23. The molecule has 3 nitrogen and oxygen atoms in total. The average molecular weight is 347 g/mol. The van der Waals surface area contributed by atoms with Gasteiger partial charge in [0.25, 0.3) is 0 Å². The second kappa shape index (κ2) is 6.12. The monoisotopic (exact) mass is 346 g/mol. The zero-order valence-corrected chi connectivity index (χ0v) is 13.0. The van der Waals surface area contributed by atoms with Gasteiger partial charge in [-0.2, -0.15) is 0 Å². The summed E-state index contributed by atoms with van der Waals surface area (Å²) in [6.07, 6.45) is 1.92. The molecule has 1 saturated heterocycles. The van der Waals surface area contributed by atoms with E-state index in [4.69, 9.17) is 18.0 Å². The van der Waals surface area contributed by atoms with Crippen LogP contribution >= 0.6 is 28.1 Å². The lowest BCUT2D eigenvalue weighted by molar-refractivity contribution is 0.624. The van der Waals surface area contributed by atoms with Crippen molar-refractivity contribution >= 4 is 49.6 Å². The molecule has 1 fully saturated rings. The Labute approximate surface area is 123 Å². The van der Waals surface area contributed by atoms with Crippen LogP contribution in [0.1, 0.15) is 18.4 Å². The van der Waals surface area contributed by atoms with Gasteiger partial charge in [0.05, 0.1) is 0 Å². The lowest BCUT2D eigenvalue weighted by Crippen LogP contribution is -2.29. The molecule has 0 unspecified atom stereocenters. The molecule has 0 saturated carbocycles. The largest absolute Gasteiger partial charge is 0.389 e. The quantitative estimate of drug-likeness (QED) is 0.825. The number of anilines is 1. The summed E-state index contributed by atoms with van der Waals surface area (Å²) in [6.45, 7) is 0. The van der Waals surface area contributed by atoms with Crippen LogP contribution in [-0.2, 0) is 10.8 Å². The third-order valence-electron chi connectivity index (χ3n) is 2.99. The first-order chi connectivity index (χ1) is 8.56. The van der Waals surface area contributed by atoms with Gasteiger partial charge >= 0.3 is 0 Å². The maximum Gasteiger partial charge on any atom is 0.105 e. The highest BCUT2D eigenvalue weighted by atomic mass is 79.9. The fourth-order valence-corrected chi connectivity index (χ4v) is 4.18. The van der Waals surface area contributed by atoms with Crippen molar-refractivity contribution in [2.75, 3.05) is 16.8 Å². The van der Waals surface area contributed by atoms with Gasteiger partial charge in [-0.3, -0.25) is 4.21 Å². The molecule has 6 heteroatoms. The smallest absolute Gasteiger partial charge is 0.105 e. The molecule has 0 bridgehead atoms. The molecule has 0 radical (unpaired) electrons. The van der Waals surface area contributed by atoms with E-state index in [-0.39, 0.29) is 0 Å². The van der Waals surface area contributed by atoms with Gasteiger partial charge in [-0.25, -0.2) is 0 Å². The zero-order valence-electron chi connectivity index (χ0n) is 9.82. The summed E-state index contributed by atoms with van der Waals surface area (Å²) in [5.41, 5.74) is 7.50. The summed E-state index contributed by atoms with van der Waals surface area (Å²) >= 11 is 8.43. The molecule has 0 amide bonds. The van der Waals surface area contributed by atoms with Crippen LogP contribution < -0.4 is 11.1 Å². The topological polar surface area (TPSA) is 55.1 Å². The van der Waals surface area contributed by atoms with Crippen molar-refractivity contribution in [3.05, 3.63) is 28.2 Å². The summed E-state index contributed by atoms with van der Waals surface area (Å²) in [4.78, 5) is 0.390. The summed E-state index contributed by atoms with van der Waals surface area (Å²) in [6, 6.07) is 6.28. The van der Waals surface area contributed by atoms with Gasteiger partial charge < -0.3 is 11.1 Å². The fourth-order valence-electron chi connectivity index (χ4n) is 1.98. The molecular weight excluding hydrogens is 332 g/mol. The van der Waals surface area contributed by atoms with Gasteiger partial charge in [0.15, 0.2) is 0 Å². The summed E-state index contributed by atoms with van der Waals surface area (Å²) < 4.78 is 12.2. The third kappa shape index (κ3) is 3.52. The molecule has 1 aromatic rings. The molecule has 3 N–H and O–H groups in total. The Bertz CT molecular complexity index is 483. The van der Waals surface area contributed by atoms with Crippen molar-refractivity contribution in [3.8, 4) is 0 Å². The van der Waals surface area contributed by atoms with Crippen molar-refractivity contribution in [1.82, 2.24) is 0 Å². The molecule has 0 spiro atoms. The Kier molecular flexibility index (Phi) is 4.75. The number of thiocarbonyl (C=S) groups is 1. The minimum atomic E-state index is -0.616. The highest BCUT2D eigenvalue weighted by Crippen LogP contribution is 2.23. The number of hydrogen-bond acceptors (Lipinski definition) is 3. The van der Waals surface area contributed by atoms with Gasteiger partial charge in [-0.15, -0.1) is 0 Å². The maximum absolute atomic E-state index is 11.3. The Balaban J connectivity index is 2.04. The Hall–Kier alpha value is -0.460. The first-order valence-corrected chi connectivity index (χ1v) is 8.46. The highest BCUT2D eigenvalue weighted by molar-refractivity contribution is 9.10. The van der Waals surface area contributed by atoms with E-state index in [1.165, 1.54) is 0 Å². The van der Waals surface area contributed by atoms with Crippen LogP contribution in [0.2, 0.25) is 0 Å². The molecular formula is C12H15BrN2OS2. The number of nitrogens with two attached hydrogens (primary N) is 1. The van der Waals surface area contributed by atoms with Crippen LogP contribution in [0.15, 0.2) is 22.7 Å². The minimum absolute atomic E-state index is 0.390. The number of benzene rings is 1. The first kappa shape index (κ1) is 14.0.